The minimum atomic E-state index is 0.630. The summed E-state index contributed by atoms with van der Waals surface area (Å²) in [5, 5.41) is 0. The molecule has 3 nitrogen and oxygen atoms in total. The number of hydrogen-bond acceptors (Lipinski definition) is 2. The smallest absolute Gasteiger partial charge is 0.242 e. The summed E-state index contributed by atoms with van der Waals surface area (Å²) < 4.78 is 1.74. The van der Waals surface area contributed by atoms with Crippen LogP contribution in [0.15, 0.2) is 23.3 Å². The molecule has 0 aliphatic rings. The maximum Gasteiger partial charge on any atom is 0.242 e. The molecule has 0 amide bonds. The minimum Gasteiger partial charge on any atom is -0.335 e. The average Bonchev–Trinajstić information content (AvgIpc) is 2.18. The van der Waals surface area contributed by atoms with Gasteiger partial charge in [0.15, 0.2) is 0 Å². The molecule has 0 spiro atoms. The molecule has 1 rings (SSSR count). The van der Waals surface area contributed by atoms with Crippen molar-refractivity contribution in [2.24, 2.45) is 12.0 Å². The van der Waals surface area contributed by atoms with E-state index in [-0.39, 0.29) is 0 Å². The summed E-state index contributed by atoms with van der Waals surface area (Å²) in [7, 11) is 1.82. The van der Waals surface area contributed by atoms with E-state index >= 15 is 0 Å². The van der Waals surface area contributed by atoms with Gasteiger partial charge in [0.2, 0.25) is 6.08 Å². The SMILES string of the molecule is Cn1cccc1N=C=O. The molecule has 0 bridgehead atoms. The van der Waals surface area contributed by atoms with Crippen molar-refractivity contribution in [3.05, 3.63) is 18.3 Å². The molecular formula is C6H6N2O. The van der Waals surface area contributed by atoms with Gasteiger partial charge in [-0.25, -0.2) is 4.79 Å². The Morgan fingerprint density at radius 1 is 1.78 bits per heavy atom. The molecule has 0 N–H and O–H groups in total. The number of aliphatic imine (C=N–C) groups is 1. The van der Waals surface area contributed by atoms with Crippen LogP contribution in [-0.4, -0.2) is 10.6 Å². The number of nitrogens with zero attached hydrogens (tertiary/aromatic N) is 2. The highest BCUT2D eigenvalue weighted by atomic mass is 16.1. The third-order valence-corrected chi connectivity index (χ3v) is 1.08. The van der Waals surface area contributed by atoms with Crippen molar-refractivity contribution in [1.82, 2.24) is 4.57 Å². The first-order valence-electron chi connectivity index (χ1n) is 2.54. The molecular weight excluding hydrogens is 116 g/mol. The quantitative estimate of drug-likeness (QED) is 0.404. The van der Waals surface area contributed by atoms with Crippen LogP contribution >= 0.6 is 0 Å². The molecule has 0 aliphatic carbocycles. The lowest BCUT2D eigenvalue weighted by Gasteiger charge is -1.89. The summed E-state index contributed by atoms with van der Waals surface area (Å²) in [6.45, 7) is 0. The van der Waals surface area contributed by atoms with Crippen LogP contribution in [0.1, 0.15) is 0 Å². The molecule has 0 fully saturated rings. The largest absolute Gasteiger partial charge is 0.335 e. The van der Waals surface area contributed by atoms with Gasteiger partial charge >= 0.3 is 0 Å². The van der Waals surface area contributed by atoms with E-state index in [1.54, 1.807) is 10.6 Å². The lowest BCUT2D eigenvalue weighted by Crippen LogP contribution is -1.80. The maximum atomic E-state index is 9.72. The number of isocyanates is 1. The summed E-state index contributed by atoms with van der Waals surface area (Å²) in [4.78, 5) is 13.1. The van der Waals surface area contributed by atoms with Crippen molar-refractivity contribution in [3.8, 4) is 0 Å². The van der Waals surface area contributed by atoms with E-state index in [0.29, 0.717) is 5.82 Å². The fraction of sp³-hybridized carbons (Fsp3) is 0.167. The van der Waals surface area contributed by atoms with E-state index in [4.69, 9.17) is 0 Å². The summed E-state index contributed by atoms with van der Waals surface area (Å²) in [5.41, 5.74) is 0. The number of aryl methyl sites for hydroxylation is 1. The van der Waals surface area contributed by atoms with Crippen molar-refractivity contribution in [2.75, 3.05) is 0 Å². The van der Waals surface area contributed by atoms with E-state index in [9.17, 15) is 4.79 Å². The highest BCUT2D eigenvalue weighted by Crippen LogP contribution is 2.08. The molecule has 46 valence electrons. The fourth-order valence-corrected chi connectivity index (χ4v) is 0.615. The zero-order valence-electron chi connectivity index (χ0n) is 5.03. The Morgan fingerprint density at radius 2 is 2.56 bits per heavy atom. The lowest BCUT2D eigenvalue weighted by molar-refractivity contribution is 0.565. The maximum absolute atomic E-state index is 9.72. The van der Waals surface area contributed by atoms with E-state index in [1.165, 1.54) is 6.08 Å². The van der Waals surface area contributed by atoms with Gasteiger partial charge in [0.1, 0.15) is 5.82 Å². The van der Waals surface area contributed by atoms with Crippen LogP contribution in [0.4, 0.5) is 5.82 Å². The number of aromatic nitrogens is 1. The molecule has 0 aliphatic heterocycles. The Morgan fingerprint density at radius 3 is 3.00 bits per heavy atom. The molecule has 1 aromatic heterocycles. The normalized spacial score (nSPS) is 8.56. The summed E-state index contributed by atoms with van der Waals surface area (Å²) >= 11 is 0. The van der Waals surface area contributed by atoms with E-state index in [2.05, 4.69) is 4.99 Å². The molecule has 3 heteroatoms. The Labute approximate surface area is 52.6 Å². The van der Waals surface area contributed by atoms with E-state index in [0.717, 1.165) is 0 Å². The molecule has 0 aromatic carbocycles. The van der Waals surface area contributed by atoms with Gasteiger partial charge in [-0.05, 0) is 12.1 Å². The first-order chi connectivity index (χ1) is 4.34. The number of rotatable bonds is 1. The zero-order valence-corrected chi connectivity index (χ0v) is 5.03. The standard InChI is InChI=1S/C6H6N2O/c1-8-4-2-3-6(8)7-5-9/h2-4H,1H3. The molecule has 0 saturated heterocycles. The second-order valence-corrected chi connectivity index (χ2v) is 1.68. The predicted molar refractivity (Wildman–Crippen MR) is 33.2 cm³/mol. The molecule has 0 radical (unpaired) electrons. The van der Waals surface area contributed by atoms with Crippen LogP contribution in [0, 0.1) is 0 Å². The third-order valence-electron chi connectivity index (χ3n) is 1.08. The first kappa shape index (κ1) is 5.79. The van der Waals surface area contributed by atoms with Crippen LogP contribution in [0.25, 0.3) is 0 Å². The Bertz CT molecular complexity index is 245. The van der Waals surface area contributed by atoms with Crippen LogP contribution in [0.2, 0.25) is 0 Å². The van der Waals surface area contributed by atoms with E-state index in [1.807, 2.05) is 19.3 Å². The second kappa shape index (κ2) is 2.29. The Kier molecular flexibility index (Phi) is 1.47. The van der Waals surface area contributed by atoms with Crippen molar-refractivity contribution < 1.29 is 4.79 Å². The van der Waals surface area contributed by atoms with Crippen molar-refractivity contribution in [1.29, 1.82) is 0 Å². The van der Waals surface area contributed by atoms with Gasteiger partial charge in [0.25, 0.3) is 0 Å². The average molecular weight is 122 g/mol. The Hall–Kier alpha value is -1.34. The van der Waals surface area contributed by atoms with Crippen LogP contribution in [0.5, 0.6) is 0 Å². The van der Waals surface area contributed by atoms with Gasteiger partial charge in [-0.2, -0.15) is 0 Å². The molecule has 9 heavy (non-hydrogen) atoms. The fourth-order valence-electron chi connectivity index (χ4n) is 0.615. The van der Waals surface area contributed by atoms with Gasteiger partial charge in [-0.1, -0.05) is 0 Å². The molecule has 0 atom stereocenters. The molecule has 0 unspecified atom stereocenters. The molecule has 0 saturated carbocycles. The predicted octanol–water partition coefficient (Wildman–Crippen LogP) is 0.992. The summed E-state index contributed by atoms with van der Waals surface area (Å²) in [6.07, 6.45) is 3.28. The highest BCUT2D eigenvalue weighted by Gasteiger charge is 1.89. The topological polar surface area (TPSA) is 34.4 Å². The molecule has 1 heterocycles. The van der Waals surface area contributed by atoms with Crippen LogP contribution in [0.3, 0.4) is 0 Å². The van der Waals surface area contributed by atoms with Crippen LogP contribution < -0.4 is 0 Å². The Balaban J connectivity index is 3.07. The van der Waals surface area contributed by atoms with Crippen molar-refractivity contribution >= 4 is 11.9 Å². The molecule has 1 aromatic rings. The van der Waals surface area contributed by atoms with Crippen molar-refractivity contribution in [2.45, 2.75) is 0 Å². The minimum absolute atomic E-state index is 0.630. The second-order valence-electron chi connectivity index (χ2n) is 1.68. The number of carbonyl (C=O) groups excluding carboxylic acids is 1. The number of hydrogen-bond donors (Lipinski definition) is 0. The van der Waals surface area contributed by atoms with Crippen LogP contribution in [-0.2, 0) is 11.8 Å². The van der Waals surface area contributed by atoms with Gasteiger partial charge in [-0.15, -0.1) is 4.99 Å². The summed E-state index contributed by atoms with van der Waals surface area (Å²) in [5.74, 6) is 0.630. The monoisotopic (exact) mass is 122 g/mol. The zero-order chi connectivity index (χ0) is 6.69. The highest BCUT2D eigenvalue weighted by molar-refractivity contribution is 5.44. The van der Waals surface area contributed by atoms with Gasteiger partial charge < -0.3 is 4.57 Å². The van der Waals surface area contributed by atoms with Gasteiger partial charge in [0, 0.05) is 13.2 Å². The third kappa shape index (κ3) is 1.06. The van der Waals surface area contributed by atoms with Gasteiger partial charge in [-0.3, -0.25) is 0 Å². The summed E-state index contributed by atoms with van der Waals surface area (Å²) in [6, 6.07) is 3.56. The van der Waals surface area contributed by atoms with E-state index < -0.39 is 0 Å². The first-order valence-corrected chi connectivity index (χ1v) is 2.54. The van der Waals surface area contributed by atoms with Crippen molar-refractivity contribution in [3.63, 3.8) is 0 Å². The van der Waals surface area contributed by atoms with Gasteiger partial charge in [0.05, 0.1) is 0 Å². The lowest BCUT2D eigenvalue weighted by atomic mass is 10.6.